The molecular formula is C16H20N2O2. The third-order valence-corrected chi connectivity index (χ3v) is 3.53. The number of nitrogens with zero attached hydrogens (tertiary/aromatic N) is 2. The van der Waals surface area contributed by atoms with Crippen LogP contribution in [0.25, 0.3) is 11.1 Å². The van der Waals surface area contributed by atoms with Crippen LogP contribution < -0.4 is 0 Å². The van der Waals surface area contributed by atoms with E-state index in [2.05, 4.69) is 23.4 Å². The predicted octanol–water partition coefficient (Wildman–Crippen LogP) is 2.75. The number of ether oxygens (including phenoxy) is 2. The molecule has 0 aliphatic carbocycles. The molecule has 0 spiro atoms. The fourth-order valence-electron chi connectivity index (χ4n) is 2.41. The lowest BCUT2D eigenvalue weighted by molar-refractivity contribution is 0.0142. The molecule has 1 aliphatic rings. The third kappa shape index (κ3) is 3.46. The van der Waals surface area contributed by atoms with Gasteiger partial charge in [0.25, 0.3) is 0 Å². The Balaban J connectivity index is 1.45. The first-order valence-corrected chi connectivity index (χ1v) is 7.19. The molecule has 0 saturated carbocycles. The van der Waals surface area contributed by atoms with E-state index < -0.39 is 0 Å². The van der Waals surface area contributed by atoms with Gasteiger partial charge in [-0.15, -0.1) is 0 Å². The molecule has 1 atom stereocenters. The molecule has 106 valence electrons. The minimum Gasteiger partial charge on any atom is -0.377 e. The van der Waals surface area contributed by atoms with Crippen molar-refractivity contribution in [2.24, 2.45) is 0 Å². The van der Waals surface area contributed by atoms with Crippen molar-refractivity contribution < 1.29 is 9.47 Å². The summed E-state index contributed by atoms with van der Waals surface area (Å²) in [5.74, 6) is 0. The second-order valence-corrected chi connectivity index (χ2v) is 5.07. The van der Waals surface area contributed by atoms with Crippen molar-refractivity contribution in [2.75, 3.05) is 19.8 Å². The van der Waals surface area contributed by atoms with Crippen LogP contribution in [0.1, 0.15) is 12.8 Å². The van der Waals surface area contributed by atoms with E-state index in [1.807, 2.05) is 29.1 Å². The average Bonchev–Trinajstić information content (AvgIpc) is 3.16. The molecule has 2 aromatic rings. The number of hydrogen-bond acceptors (Lipinski definition) is 3. The Labute approximate surface area is 119 Å². The maximum atomic E-state index is 5.65. The average molecular weight is 272 g/mol. The summed E-state index contributed by atoms with van der Waals surface area (Å²) < 4.78 is 13.1. The molecule has 20 heavy (non-hydrogen) atoms. The Morgan fingerprint density at radius 3 is 2.95 bits per heavy atom. The Kier molecular flexibility index (Phi) is 4.46. The molecule has 0 amide bonds. The number of rotatable bonds is 6. The van der Waals surface area contributed by atoms with Gasteiger partial charge in [-0.1, -0.05) is 30.3 Å². The minimum atomic E-state index is 0.299. The van der Waals surface area contributed by atoms with Crippen molar-refractivity contribution in [3.05, 3.63) is 42.7 Å². The van der Waals surface area contributed by atoms with Crippen LogP contribution in [0.3, 0.4) is 0 Å². The first-order valence-electron chi connectivity index (χ1n) is 7.19. The molecule has 0 N–H and O–H groups in total. The van der Waals surface area contributed by atoms with Crippen molar-refractivity contribution >= 4 is 0 Å². The summed E-state index contributed by atoms with van der Waals surface area (Å²) in [6, 6.07) is 10.3. The second-order valence-electron chi connectivity index (χ2n) is 5.07. The van der Waals surface area contributed by atoms with Gasteiger partial charge in [0.15, 0.2) is 0 Å². The van der Waals surface area contributed by atoms with Gasteiger partial charge in [-0.3, -0.25) is 4.68 Å². The topological polar surface area (TPSA) is 36.3 Å². The van der Waals surface area contributed by atoms with Crippen LogP contribution >= 0.6 is 0 Å². The van der Waals surface area contributed by atoms with Crippen LogP contribution in [-0.4, -0.2) is 35.7 Å². The van der Waals surface area contributed by atoms with Crippen LogP contribution in [0, 0.1) is 0 Å². The summed E-state index contributed by atoms with van der Waals surface area (Å²) in [7, 11) is 0. The monoisotopic (exact) mass is 272 g/mol. The standard InChI is InChI=1S/C16H20N2O2/c1-2-5-14(6-3-1)15-11-17-18(12-15)8-10-19-13-16-7-4-9-20-16/h1-3,5-6,11-12,16H,4,7-10,13H2/t16-/m0/s1. The summed E-state index contributed by atoms with van der Waals surface area (Å²) in [4.78, 5) is 0. The number of aromatic nitrogens is 2. The quantitative estimate of drug-likeness (QED) is 0.759. The summed E-state index contributed by atoms with van der Waals surface area (Å²) in [6.45, 7) is 3.04. The highest BCUT2D eigenvalue weighted by molar-refractivity contribution is 5.61. The summed E-state index contributed by atoms with van der Waals surface area (Å²) in [5.41, 5.74) is 2.34. The van der Waals surface area contributed by atoms with Crippen molar-refractivity contribution in [3.8, 4) is 11.1 Å². The minimum absolute atomic E-state index is 0.299. The van der Waals surface area contributed by atoms with Crippen LogP contribution in [0.5, 0.6) is 0 Å². The Morgan fingerprint density at radius 2 is 2.15 bits per heavy atom. The molecular weight excluding hydrogens is 252 g/mol. The molecule has 3 rings (SSSR count). The Morgan fingerprint density at radius 1 is 1.25 bits per heavy atom. The molecule has 1 fully saturated rings. The van der Waals surface area contributed by atoms with Gasteiger partial charge in [0.1, 0.15) is 0 Å². The lowest BCUT2D eigenvalue weighted by Gasteiger charge is -2.09. The van der Waals surface area contributed by atoms with Gasteiger partial charge < -0.3 is 9.47 Å². The van der Waals surface area contributed by atoms with Gasteiger partial charge in [-0.2, -0.15) is 5.10 Å². The second kappa shape index (κ2) is 6.68. The maximum absolute atomic E-state index is 5.65. The van der Waals surface area contributed by atoms with Gasteiger partial charge in [0.05, 0.1) is 32.1 Å². The zero-order valence-corrected chi connectivity index (χ0v) is 11.6. The lowest BCUT2D eigenvalue weighted by Crippen LogP contribution is -2.16. The summed E-state index contributed by atoms with van der Waals surface area (Å²) in [5, 5.41) is 4.37. The number of benzene rings is 1. The van der Waals surface area contributed by atoms with Crippen molar-refractivity contribution in [1.29, 1.82) is 0 Å². The van der Waals surface area contributed by atoms with E-state index in [1.165, 1.54) is 5.56 Å². The molecule has 1 aromatic heterocycles. The van der Waals surface area contributed by atoms with Crippen molar-refractivity contribution in [1.82, 2.24) is 9.78 Å². The zero-order chi connectivity index (χ0) is 13.6. The van der Waals surface area contributed by atoms with E-state index in [-0.39, 0.29) is 0 Å². The van der Waals surface area contributed by atoms with Crippen LogP contribution in [0.4, 0.5) is 0 Å². The van der Waals surface area contributed by atoms with Crippen LogP contribution in [-0.2, 0) is 16.0 Å². The fraction of sp³-hybridized carbons (Fsp3) is 0.438. The van der Waals surface area contributed by atoms with Gasteiger partial charge in [0.2, 0.25) is 0 Å². The van der Waals surface area contributed by atoms with E-state index in [0.29, 0.717) is 19.3 Å². The highest BCUT2D eigenvalue weighted by Gasteiger charge is 2.14. The fourth-order valence-corrected chi connectivity index (χ4v) is 2.41. The first-order chi connectivity index (χ1) is 9.92. The SMILES string of the molecule is c1ccc(-c2cnn(CCOC[C@@H]3CCCO3)c2)cc1. The van der Waals surface area contributed by atoms with Gasteiger partial charge in [-0.25, -0.2) is 0 Å². The first kappa shape index (κ1) is 13.3. The Hall–Kier alpha value is -1.65. The van der Waals surface area contributed by atoms with E-state index in [0.717, 1.165) is 31.6 Å². The summed E-state index contributed by atoms with van der Waals surface area (Å²) >= 11 is 0. The third-order valence-electron chi connectivity index (χ3n) is 3.53. The maximum Gasteiger partial charge on any atom is 0.0809 e. The van der Waals surface area contributed by atoms with E-state index in [9.17, 15) is 0 Å². The smallest absolute Gasteiger partial charge is 0.0809 e. The normalized spacial score (nSPS) is 18.5. The molecule has 0 bridgehead atoms. The lowest BCUT2D eigenvalue weighted by atomic mass is 10.1. The van der Waals surface area contributed by atoms with Gasteiger partial charge in [-0.05, 0) is 18.4 Å². The zero-order valence-electron chi connectivity index (χ0n) is 11.6. The van der Waals surface area contributed by atoms with E-state index >= 15 is 0 Å². The number of hydrogen-bond donors (Lipinski definition) is 0. The predicted molar refractivity (Wildman–Crippen MR) is 77.5 cm³/mol. The van der Waals surface area contributed by atoms with Crippen molar-refractivity contribution in [3.63, 3.8) is 0 Å². The summed E-state index contributed by atoms with van der Waals surface area (Å²) in [6.07, 6.45) is 6.54. The molecule has 4 heteroatoms. The highest BCUT2D eigenvalue weighted by Crippen LogP contribution is 2.17. The van der Waals surface area contributed by atoms with Gasteiger partial charge in [0, 0.05) is 18.4 Å². The van der Waals surface area contributed by atoms with E-state index in [4.69, 9.17) is 9.47 Å². The van der Waals surface area contributed by atoms with Gasteiger partial charge >= 0.3 is 0 Å². The molecule has 1 aliphatic heterocycles. The molecule has 1 aromatic carbocycles. The molecule has 0 radical (unpaired) electrons. The molecule has 2 heterocycles. The van der Waals surface area contributed by atoms with Crippen LogP contribution in [0.2, 0.25) is 0 Å². The van der Waals surface area contributed by atoms with Crippen LogP contribution in [0.15, 0.2) is 42.7 Å². The molecule has 0 unspecified atom stereocenters. The molecule has 4 nitrogen and oxygen atoms in total. The highest BCUT2D eigenvalue weighted by atomic mass is 16.5. The Bertz CT molecular complexity index is 518. The van der Waals surface area contributed by atoms with Crippen molar-refractivity contribution in [2.45, 2.75) is 25.5 Å². The molecule has 1 saturated heterocycles. The van der Waals surface area contributed by atoms with E-state index in [1.54, 1.807) is 0 Å². The largest absolute Gasteiger partial charge is 0.377 e.